The number of hydrogen-bond acceptors (Lipinski definition) is 8. The molecule has 3 aromatic carbocycles. The van der Waals surface area contributed by atoms with Gasteiger partial charge in [-0.15, -0.1) is 0 Å². The largest absolute Gasteiger partial charge is 0.459 e. The Labute approximate surface area is 216 Å². The van der Waals surface area contributed by atoms with E-state index in [1.165, 1.54) is 0 Å². The van der Waals surface area contributed by atoms with Crippen molar-refractivity contribution in [2.45, 2.75) is 31.3 Å². The number of rotatable bonds is 12. The molecule has 0 saturated heterocycles. The van der Waals surface area contributed by atoms with E-state index in [1.807, 2.05) is 12.1 Å². The van der Waals surface area contributed by atoms with E-state index in [2.05, 4.69) is 5.32 Å². The molecule has 0 radical (unpaired) electrons. The van der Waals surface area contributed by atoms with E-state index in [4.69, 9.17) is 13.7 Å². The van der Waals surface area contributed by atoms with Gasteiger partial charge in [0.2, 0.25) is 0 Å². The fourth-order valence-electron chi connectivity index (χ4n) is 3.55. The molecule has 196 valence electrons. The number of ether oxygens (including phenoxy) is 2. The molecule has 0 aliphatic carbocycles. The second-order valence-electron chi connectivity index (χ2n) is 8.39. The zero-order valence-electron chi connectivity index (χ0n) is 20.3. The normalized spacial score (nSPS) is 13.7. The fraction of sp³-hybridized carbons (Fsp3) is 0.259. The summed E-state index contributed by atoms with van der Waals surface area (Å²) in [5.41, 5.74) is -0.174. The summed E-state index contributed by atoms with van der Waals surface area (Å²) < 4.78 is 38.8. The van der Waals surface area contributed by atoms with Crippen molar-refractivity contribution in [3.63, 3.8) is 0 Å². The summed E-state index contributed by atoms with van der Waals surface area (Å²) in [6.07, 6.45) is -2.23. The minimum atomic E-state index is -3.96. The molecule has 3 aromatic rings. The van der Waals surface area contributed by atoms with E-state index in [-0.39, 0.29) is 19.6 Å². The summed E-state index contributed by atoms with van der Waals surface area (Å²) in [7, 11) is -3.96. The minimum Gasteiger partial charge on any atom is -0.459 e. The van der Waals surface area contributed by atoms with E-state index in [0.717, 1.165) is 6.26 Å². The van der Waals surface area contributed by atoms with Crippen molar-refractivity contribution < 1.29 is 36.8 Å². The molecule has 0 unspecified atom stereocenters. The molecular weight excluding hydrogens is 498 g/mol. The number of aliphatic hydroxyl groups excluding tert-OH is 1. The maximum absolute atomic E-state index is 13.6. The Morgan fingerprint density at radius 2 is 1.27 bits per heavy atom. The summed E-state index contributed by atoms with van der Waals surface area (Å²) in [6, 6.07) is 26.3. The Morgan fingerprint density at radius 3 is 1.76 bits per heavy atom. The lowest BCUT2D eigenvalue weighted by atomic mass is 9.85. The number of esters is 1. The quantitative estimate of drug-likeness (QED) is 0.272. The van der Waals surface area contributed by atoms with Gasteiger partial charge < -0.3 is 19.9 Å². The number of amides is 1. The zero-order chi connectivity index (χ0) is 26.7. The lowest BCUT2D eigenvalue weighted by molar-refractivity contribution is -0.159. The predicted octanol–water partition coefficient (Wildman–Crippen LogP) is 2.97. The van der Waals surface area contributed by atoms with Gasteiger partial charge in [-0.2, -0.15) is 8.42 Å². The van der Waals surface area contributed by atoms with Crippen LogP contribution in [0.15, 0.2) is 91.0 Å². The highest BCUT2D eigenvalue weighted by Gasteiger charge is 2.49. The van der Waals surface area contributed by atoms with Crippen LogP contribution in [0, 0.1) is 0 Å². The van der Waals surface area contributed by atoms with Crippen LogP contribution in [-0.4, -0.2) is 50.1 Å². The molecule has 37 heavy (non-hydrogen) atoms. The van der Waals surface area contributed by atoms with Crippen molar-refractivity contribution in [2.24, 2.45) is 0 Å². The molecule has 1 amide bonds. The second kappa shape index (κ2) is 13.0. The number of benzene rings is 3. The molecule has 0 spiro atoms. The smallest absolute Gasteiger partial charge is 0.408 e. The first-order chi connectivity index (χ1) is 17.7. The number of carbonyl (C=O) groups is 2. The monoisotopic (exact) mass is 527 g/mol. The number of aliphatic hydroxyl groups is 1. The van der Waals surface area contributed by atoms with Gasteiger partial charge in [0, 0.05) is 6.42 Å². The van der Waals surface area contributed by atoms with Gasteiger partial charge in [-0.25, -0.2) is 9.59 Å². The summed E-state index contributed by atoms with van der Waals surface area (Å²) in [5, 5.41) is 13.6. The van der Waals surface area contributed by atoms with Gasteiger partial charge in [0.1, 0.15) is 19.3 Å². The molecule has 3 rings (SSSR count). The molecule has 0 aliphatic heterocycles. The van der Waals surface area contributed by atoms with E-state index in [9.17, 15) is 23.1 Å². The van der Waals surface area contributed by atoms with Gasteiger partial charge in [0.05, 0.1) is 12.9 Å². The van der Waals surface area contributed by atoms with Gasteiger partial charge in [-0.05, 0) is 16.7 Å². The minimum absolute atomic E-state index is 0.0942. The van der Waals surface area contributed by atoms with Crippen molar-refractivity contribution in [2.75, 3.05) is 12.9 Å². The van der Waals surface area contributed by atoms with Crippen molar-refractivity contribution >= 4 is 22.2 Å². The maximum Gasteiger partial charge on any atom is 0.408 e. The van der Waals surface area contributed by atoms with Crippen LogP contribution in [0.2, 0.25) is 0 Å². The van der Waals surface area contributed by atoms with Crippen LogP contribution in [0.3, 0.4) is 0 Å². The highest BCUT2D eigenvalue weighted by Crippen LogP contribution is 2.23. The molecule has 2 atom stereocenters. The summed E-state index contributed by atoms with van der Waals surface area (Å²) in [6.45, 7) is -1.04. The van der Waals surface area contributed by atoms with E-state index in [0.29, 0.717) is 16.7 Å². The van der Waals surface area contributed by atoms with E-state index >= 15 is 0 Å². The highest BCUT2D eigenvalue weighted by atomic mass is 32.2. The number of nitrogens with one attached hydrogen (secondary N) is 1. The first-order valence-electron chi connectivity index (χ1n) is 11.4. The molecule has 0 saturated carbocycles. The summed E-state index contributed by atoms with van der Waals surface area (Å²) in [5.74, 6) is -0.985. The molecule has 0 aliphatic rings. The molecule has 0 fully saturated rings. The van der Waals surface area contributed by atoms with Crippen LogP contribution in [0.5, 0.6) is 0 Å². The Bertz CT molecular complexity index is 1250. The first-order valence-corrected chi connectivity index (χ1v) is 13.3. The number of hydrogen-bond donors (Lipinski definition) is 2. The average molecular weight is 528 g/mol. The number of carbonyl (C=O) groups excluding carboxylic acids is 2. The predicted molar refractivity (Wildman–Crippen MR) is 136 cm³/mol. The van der Waals surface area contributed by atoms with Crippen molar-refractivity contribution in [3.8, 4) is 0 Å². The molecule has 9 nitrogen and oxygen atoms in total. The van der Waals surface area contributed by atoms with Crippen LogP contribution in [0.4, 0.5) is 4.79 Å². The van der Waals surface area contributed by atoms with Crippen LogP contribution in [0.25, 0.3) is 0 Å². The first kappa shape index (κ1) is 27.9. The third kappa shape index (κ3) is 8.71. The Hall–Kier alpha value is -3.73. The topological polar surface area (TPSA) is 128 Å². The molecule has 0 aromatic heterocycles. The van der Waals surface area contributed by atoms with Crippen LogP contribution < -0.4 is 5.32 Å². The molecule has 0 bridgehead atoms. The number of alkyl carbamates (subject to hydrolysis) is 1. The third-order valence-corrected chi connectivity index (χ3v) is 6.01. The summed E-state index contributed by atoms with van der Waals surface area (Å²) >= 11 is 0. The lowest BCUT2D eigenvalue weighted by Crippen LogP contribution is -2.65. The summed E-state index contributed by atoms with van der Waals surface area (Å²) in [4.78, 5) is 26.5. The third-order valence-electron chi connectivity index (χ3n) is 5.45. The van der Waals surface area contributed by atoms with Gasteiger partial charge in [-0.3, -0.25) is 4.18 Å². The van der Waals surface area contributed by atoms with Crippen LogP contribution in [0.1, 0.15) is 16.7 Å². The standard InChI is InChI=1S/C27H29NO8S/c1-37(32,33)36-20-24(29)27(17-21-11-5-2-6-12-21,25(30)34-18-22-13-7-3-8-14-22)28-26(31)35-19-23-15-9-4-10-16-23/h2-16,24,29H,17-20H2,1H3,(H,28,31)/t24-,27-/m0/s1. The van der Waals surface area contributed by atoms with Crippen LogP contribution in [-0.2, 0) is 48.2 Å². The highest BCUT2D eigenvalue weighted by molar-refractivity contribution is 7.85. The average Bonchev–Trinajstić information content (AvgIpc) is 2.90. The van der Waals surface area contributed by atoms with Gasteiger partial charge in [-0.1, -0.05) is 91.0 Å². The second-order valence-corrected chi connectivity index (χ2v) is 10.0. The van der Waals surface area contributed by atoms with Crippen molar-refractivity contribution in [1.82, 2.24) is 5.32 Å². The maximum atomic E-state index is 13.6. The molecule has 10 heteroatoms. The SMILES string of the molecule is CS(=O)(=O)OC[C@H](O)[C@](Cc1ccccc1)(NC(=O)OCc1ccccc1)C(=O)OCc1ccccc1. The fourth-order valence-corrected chi connectivity index (χ4v) is 3.92. The van der Waals surface area contributed by atoms with E-state index < -0.39 is 40.4 Å². The Balaban J connectivity index is 1.91. The van der Waals surface area contributed by atoms with Crippen molar-refractivity contribution in [1.29, 1.82) is 0 Å². The van der Waals surface area contributed by atoms with Gasteiger partial charge >= 0.3 is 12.1 Å². The van der Waals surface area contributed by atoms with Gasteiger partial charge in [0.15, 0.2) is 5.54 Å². The Kier molecular flexibility index (Phi) is 9.78. The van der Waals surface area contributed by atoms with Gasteiger partial charge in [0.25, 0.3) is 10.1 Å². The zero-order valence-corrected chi connectivity index (χ0v) is 21.1. The molecule has 0 heterocycles. The van der Waals surface area contributed by atoms with Crippen LogP contribution >= 0.6 is 0 Å². The molecule has 2 N–H and O–H groups in total. The van der Waals surface area contributed by atoms with Crippen molar-refractivity contribution in [3.05, 3.63) is 108 Å². The Morgan fingerprint density at radius 1 is 0.811 bits per heavy atom. The molecular formula is C27H29NO8S. The van der Waals surface area contributed by atoms with E-state index in [1.54, 1.807) is 78.9 Å². The lowest BCUT2D eigenvalue weighted by Gasteiger charge is -2.36.